The number of hydrogen-bond acceptors (Lipinski definition) is 4. The summed E-state index contributed by atoms with van der Waals surface area (Å²) in [5.74, 6) is 1.40. The summed E-state index contributed by atoms with van der Waals surface area (Å²) in [4.78, 5) is 4.23. The Labute approximate surface area is 81.1 Å². The fraction of sp³-hybridized carbons (Fsp3) is 0.375. The monoisotopic (exact) mass is 192 g/mol. The Morgan fingerprint density at radius 2 is 2.50 bits per heavy atom. The first-order valence-electron chi connectivity index (χ1n) is 4.40. The number of rotatable bonds is 3. The maximum absolute atomic E-state index is 5.63. The molecule has 74 valence electrons. The minimum atomic E-state index is -0.141. The highest BCUT2D eigenvalue weighted by Gasteiger charge is 2.07. The third-order valence-electron chi connectivity index (χ3n) is 1.83. The molecule has 2 heterocycles. The zero-order valence-electron chi connectivity index (χ0n) is 7.88. The summed E-state index contributed by atoms with van der Waals surface area (Å²) < 4.78 is 1.77. The second kappa shape index (κ2) is 3.59. The highest BCUT2D eigenvalue weighted by Crippen LogP contribution is 2.02. The molecule has 2 aromatic heterocycles. The Bertz CT molecular complexity index is 388. The molecule has 6 heteroatoms. The standard InChI is InChI=1S/C8H12N6/c1-6(9)8-11-7(12-13-8)5-14-4-2-3-10-14/h2-4,6H,5,9H2,1H3,(H,11,12,13)/t6-/m0/s1. The number of nitrogens with two attached hydrogens (primary N) is 1. The van der Waals surface area contributed by atoms with E-state index in [1.54, 1.807) is 10.9 Å². The minimum Gasteiger partial charge on any atom is -0.321 e. The molecular formula is C8H12N6. The van der Waals surface area contributed by atoms with Gasteiger partial charge in [0.25, 0.3) is 0 Å². The first-order chi connectivity index (χ1) is 6.75. The molecule has 14 heavy (non-hydrogen) atoms. The van der Waals surface area contributed by atoms with Gasteiger partial charge in [0.05, 0.1) is 6.04 Å². The Hall–Kier alpha value is -1.69. The summed E-state index contributed by atoms with van der Waals surface area (Å²) in [5.41, 5.74) is 5.63. The number of aromatic amines is 1. The van der Waals surface area contributed by atoms with E-state index >= 15 is 0 Å². The lowest BCUT2D eigenvalue weighted by molar-refractivity contribution is 0.656. The van der Waals surface area contributed by atoms with Gasteiger partial charge in [0.1, 0.15) is 12.4 Å². The van der Waals surface area contributed by atoms with Crippen LogP contribution in [-0.2, 0) is 6.54 Å². The third kappa shape index (κ3) is 1.80. The van der Waals surface area contributed by atoms with Crippen molar-refractivity contribution in [2.75, 3.05) is 0 Å². The van der Waals surface area contributed by atoms with Gasteiger partial charge in [0.2, 0.25) is 0 Å². The lowest BCUT2D eigenvalue weighted by atomic mass is 10.3. The van der Waals surface area contributed by atoms with Crippen LogP contribution in [0, 0.1) is 0 Å². The van der Waals surface area contributed by atoms with Gasteiger partial charge in [-0.25, -0.2) is 4.98 Å². The summed E-state index contributed by atoms with van der Waals surface area (Å²) in [6, 6.07) is 1.72. The van der Waals surface area contributed by atoms with Crippen LogP contribution in [0.1, 0.15) is 24.6 Å². The van der Waals surface area contributed by atoms with Gasteiger partial charge < -0.3 is 5.73 Å². The van der Waals surface area contributed by atoms with Crippen LogP contribution in [0.2, 0.25) is 0 Å². The normalized spacial score (nSPS) is 13.0. The van der Waals surface area contributed by atoms with E-state index in [4.69, 9.17) is 5.73 Å². The Morgan fingerprint density at radius 3 is 3.07 bits per heavy atom. The predicted molar refractivity (Wildman–Crippen MR) is 50.3 cm³/mol. The van der Waals surface area contributed by atoms with Crippen LogP contribution >= 0.6 is 0 Å². The average Bonchev–Trinajstić information content (AvgIpc) is 2.75. The van der Waals surface area contributed by atoms with Crippen LogP contribution in [0.15, 0.2) is 18.5 Å². The number of aromatic nitrogens is 5. The quantitative estimate of drug-likeness (QED) is 0.720. The second-order valence-electron chi connectivity index (χ2n) is 3.13. The van der Waals surface area contributed by atoms with E-state index in [1.165, 1.54) is 0 Å². The number of H-pyrrole nitrogens is 1. The Morgan fingerprint density at radius 1 is 1.64 bits per heavy atom. The molecule has 0 saturated carbocycles. The van der Waals surface area contributed by atoms with Crippen LogP contribution in [0.4, 0.5) is 0 Å². The predicted octanol–water partition coefficient (Wildman–Crippen LogP) is 0.0692. The van der Waals surface area contributed by atoms with Crippen LogP contribution in [0.25, 0.3) is 0 Å². The molecular weight excluding hydrogens is 180 g/mol. The maximum Gasteiger partial charge on any atom is 0.167 e. The number of hydrogen-bond donors (Lipinski definition) is 2. The molecule has 1 atom stereocenters. The highest BCUT2D eigenvalue weighted by atomic mass is 15.3. The molecule has 0 aliphatic heterocycles. The van der Waals surface area contributed by atoms with E-state index in [-0.39, 0.29) is 6.04 Å². The topological polar surface area (TPSA) is 85.4 Å². The first-order valence-corrected chi connectivity index (χ1v) is 4.40. The van der Waals surface area contributed by atoms with Crippen LogP contribution in [0.5, 0.6) is 0 Å². The lowest BCUT2D eigenvalue weighted by Gasteiger charge is -1.96. The molecule has 2 aromatic rings. The van der Waals surface area contributed by atoms with E-state index in [1.807, 2.05) is 19.2 Å². The largest absolute Gasteiger partial charge is 0.321 e. The zero-order valence-corrected chi connectivity index (χ0v) is 7.88. The molecule has 2 rings (SSSR count). The van der Waals surface area contributed by atoms with E-state index in [2.05, 4.69) is 20.3 Å². The first kappa shape index (κ1) is 8.89. The van der Waals surface area contributed by atoms with Crippen molar-refractivity contribution < 1.29 is 0 Å². The summed E-state index contributed by atoms with van der Waals surface area (Å²) in [6.07, 6.45) is 3.59. The highest BCUT2D eigenvalue weighted by molar-refractivity contribution is 4.95. The van der Waals surface area contributed by atoms with Gasteiger partial charge in [-0.3, -0.25) is 9.78 Å². The maximum atomic E-state index is 5.63. The van der Waals surface area contributed by atoms with Crippen molar-refractivity contribution >= 4 is 0 Å². The van der Waals surface area contributed by atoms with Gasteiger partial charge in [-0.05, 0) is 13.0 Å². The molecule has 0 aromatic carbocycles. The number of nitrogens with zero attached hydrogens (tertiary/aromatic N) is 4. The van der Waals surface area contributed by atoms with Crippen molar-refractivity contribution in [2.45, 2.75) is 19.5 Å². The van der Waals surface area contributed by atoms with E-state index in [9.17, 15) is 0 Å². The van der Waals surface area contributed by atoms with E-state index in [0.29, 0.717) is 12.4 Å². The molecule has 0 aliphatic rings. The van der Waals surface area contributed by atoms with Gasteiger partial charge in [-0.15, -0.1) is 0 Å². The second-order valence-corrected chi connectivity index (χ2v) is 3.13. The molecule has 0 aliphatic carbocycles. The molecule has 0 spiro atoms. The molecule has 0 saturated heterocycles. The molecule has 0 unspecified atom stereocenters. The fourth-order valence-corrected chi connectivity index (χ4v) is 1.13. The van der Waals surface area contributed by atoms with Gasteiger partial charge in [0, 0.05) is 12.4 Å². The Balaban J connectivity index is 2.11. The summed E-state index contributed by atoms with van der Waals surface area (Å²) in [5, 5.41) is 10.9. The fourth-order valence-electron chi connectivity index (χ4n) is 1.13. The van der Waals surface area contributed by atoms with Crippen molar-refractivity contribution in [3.8, 4) is 0 Å². The third-order valence-corrected chi connectivity index (χ3v) is 1.83. The molecule has 0 bridgehead atoms. The summed E-state index contributed by atoms with van der Waals surface area (Å²) in [7, 11) is 0. The summed E-state index contributed by atoms with van der Waals surface area (Å²) in [6.45, 7) is 2.44. The smallest absolute Gasteiger partial charge is 0.167 e. The molecule has 3 N–H and O–H groups in total. The van der Waals surface area contributed by atoms with Gasteiger partial charge in [-0.2, -0.15) is 10.2 Å². The molecule has 6 nitrogen and oxygen atoms in total. The van der Waals surface area contributed by atoms with Crippen molar-refractivity contribution in [3.63, 3.8) is 0 Å². The van der Waals surface area contributed by atoms with Gasteiger partial charge >= 0.3 is 0 Å². The summed E-state index contributed by atoms with van der Waals surface area (Å²) >= 11 is 0. The minimum absolute atomic E-state index is 0.141. The molecule has 0 amide bonds. The molecule has 0 radical (unpaired) electrons. The molecule has 0 fully saturated rings. The average molecular weight is 192 g/mol. The SMILES string of the molecule is C[C@H](N)c1n[nH]c(Cn2cccn2)n1. The lowest BCUT2D eigenvalue weighted by Crippen LogP contribution is -2.07. The van der Waals surface area contributed by atoms with Gasteiger partial charge in [0.15, 0.2) is 5.82 Å². The van der Waals surface area contributed by atoms with E-state index < -0.39 is 0 Å². The van der Waals surface area contributed by atoms with E-state index in [0.717, 1.165) is 5.82 Å². The zero-order chi connectivity index (χ0) is 9.97. The van der Waals surface area contributed by atoms with Crippen molar-refractivity contribution in [3.05, 3.63) is 30.1 Å². The van der Waals surface area contributed by atoms with Crippen LogP contribution in [0.3, 0.4) is 0 Å². The Kier molecular flexibility index (Phi) is 2.28. The van der Waals surface area contributed by atoms with Crippen molar-refractivity contribution in [1.29, 1.82) is 0 Å². The van der Waals surface area contributed by atoms with Crippen LogP contribution < -0.4 is 5.73 Å². The van der Waals surface area contributed by atoms with Crippen molar-refractivity contribution in [2.24, 2.45) is 5.73 Å². The van der Waals surface area contributed by atoms with Gasteiger partial charge in [-0.1, -0.05) is 0 Å². The van der Waals surface area contributed by atoms with Crippen LogP contribution in [-0.4, -0.2) is 25.0 Å². The number of nitrogens with one attached hydrogen (secondary N) is 1. The van der Waals surface area contributed by atoms with Crippen molar-refractivity contribution in [1.82, 2.24) is 25.0 Å².